The highest BCUT2D eigenvalue weighted by molar-refractivity contribution is 9.10. The molecule has 9 heteroatoms. The molecule has 4 aromatic rings. The number of amides is 1. The summed E-state index contributed by atoms with van der Waals surface area (Å²) in [7, 11) is 1.31. The zero-order valence-corrected chi connectivity index (χ0v) is 25.0. The summed E-state index contributed by atoms with van der Waals surface area (Å²) in [5, 5.41) is 2.42. The summed E-state index contributed by atoms with van der Waals surface area (Å²) >= 11 is 9.37. The standard InChI is InChI=1S/C31H28BrN3O4S/c1-5-39-23-12-10-22(11-13-23)35-30(37)28(33(31(35)40)18-29(36)38-4)17-21-16-19(2)34(20(21)3)27-15-14-26(32)24-8-6-7-9-25(24)27/h6-17H,5,18H2,1-4H3/b28-17-. The molecule has 5 rings (SSSR count). The van der Waals surface area contributed by atoms with Gasteiger partial charge in [-0.25, -0.2) is 0 Å². The Bertz CT molecular complexity index is 1680. The van der Waals surface area contributed by atoms with Gasteiger partial charge in [0.15, 0.2) is 5.11 Å². The fourth-order valence-corrected chi connectivity index (χ4v) is 5.83. The first kappa shape index (κ1) is 27.6. The molecular formula is C31H28BrN3O4S. The molecule has 7 nitrogen and oxygen atoms in total. The number of rotatable bonds is 7. The van der Waals surface area contributed by atoms with Crippen LogP contribution in [0, 0.1) is 13.8 Å². The van der Waals surface area contributed by atoms with Crippen molar-refractivity contribution in [2.45, 2.75) is 20.8 Å². The van der Waals surface area contributed by atoms with Crippen molar-refractivity contribution in [1.82, 2.24) is 9.47 Å². The monoisotopic (exact) mass is 617 g/mol. The van der Waals surface area contributed by atoms with Gasteiger partial charge in [-0.05, 0) is 92.5 Å². The normalized spacial score (nSPS) is 14.5. The highest BCUT2D eigenvalue weighted by atomic mass is 79.9. The smallest absolute Gasteiger partial charge is 0.325 e. The molecule has 0 aliphatic carbocycles. The molecule has 1 saturated heterocycles. The van der Waals surface area contributed by atoms with E-state index in [2.05, 4.69) is 38.7 Å². The van der Waals surface area contributed by atoms with Crippen molar-refractivity contribution >= 4 is 67.7 Å². The molecular weight excluding hydrogens is 590 g/mol. The average molecular weight is 619 g/mol. The quantitative estimate of drug-likeness (QED) is 0.133. The van der Waals surface area contributed by atoms with Gasteiger partial charge in [0.05, 0.1) is 25.1 Å². The minimum Gasteiger partial charge on any atom is -0.494 e. The average Bonchev–Trinajstić information content (AvgIpc) is 3.36. The lowest BCUT2D eigenvalue weighted by molar-refractivity contribution is -0.140. The second-order valence-corrected chi connectivity index (χ2v) is 10.5. The molecule has 1 aliphatic heterocycles. The van der Waals surface area contributed by atoms with Gasteiger partial charge in [0.25, 0.3) is 5.91 Å². The Hall–Kier alpha value is -3.95. The molecule has 1 aliphatic rings. The molecule has 0 spiro atoms. The predicted octanol–water partition coefficient (Wildman–Crippen LogP) is 6.56. The van der Waals surface area contributed by atoms with E-state index in [-0.39, 0.29) is 17.6 Å². The maximum atomic E-state index is 13.8. The Morgan fingerprint density at radius 2 is 1.73 bits per heavy atom. The molecule has 2 heterocycles. The van der Waals surface area contributed by atoms with E-state index in [9.17, 15) is 9.59 Å². The number of ether oxygens (including phenoxy) is 2. The summed E-state index contributed by atoms with van der Waals surface area (Å²) in [6.45, 7) is 6.31. The summed E-state index contributed by atoms with van der Waals surface area (Å²) < 4.78 is 13.6. The van der Waals surface area contributed by atoms with E-state index < -0.39 is 5.97 Å². The molecule has 1 amide bonds. The lowest BCUT2D eigenvalue weighted by atomic mass is 10.1. The molecule has 0 atom stereocenters. The third-order valence-corrected chi connectivity index (χ3v) is 8.00. The van der Waals surface area contributed by atoms with Crippen molar-refractivity contribution in [2.75, 3.05) is 25.2 Å². The Balaban J connectivity index is 1.60. The van der Waals surface area contributed by atoms with Crippen LogP contribution in [-0.4, -0.2) is 46.7 Å². The van der Waals surface area contributed by atoms with E-state index in [1.165, 1.54) is 16.9 Å². The zero-order valence-electron chi connectivity index (χ0n) is 22.6. The van der Waals surface area contributed by atoms with E-state index >= 15 is 0 Å². The Labute approximate surface area is 246 Å². The van der Waals surface area contributed by atoms with Crippen LogP contribution in [-0.2, 0) is 14.3 Å². The lowest BCUT2D eigenvalue weighted by Crippen LogP contribution is -2.35. The fourth-order valence-electron chi connectivity index (χ4n) is 5.01. The van der Waals surface area contributed by atoms with Crippen LogP contribution >= 0.6 is 28.1 Å². The van der Waals surface area contributed by atoms with Crippen molar-refractivity contribution in [3.8, 4) is 11.4 Å². The van der Waals surface area contributed by atoms with Crippen LogP contribution in [0.25, 0.3) is 22.5 Å². The van der Waals surface area contributed by atoms with Crippen LogP contribution in [0.2, 0.25) is 0 Å². The van der Waals surface area contributed by atoms with Crippen molar-refractivity contribution in [3.05, 3.63) is 93.9 Å². The molecule has 0 radical (unpaired) electrons. The largest absolute Gasteiger partial charge is 0.494 e. The van der Waals surface area contributed by atoms with E-state index in [0.29, 0.717) is 23.7 Å². The number of aryl methyl sites for hydroxylation is 1. The number of aromatic nitrogens is 1. The number of benzene rings is 3. The zero-order chi connectivity index (χ0) is 28.6. The number of fused-ring (bicyclic) bond motifs is 1. The number of methoxy groups -OCH3 is 1. The van der Waals surface area contributed by atoms with Gasteiger partial charge in [-0.2, -0.15) is 0 Å². The molecule has 1 fully saturated rings. The number of hydrogen-bond acceptors (Lipinski definition) is 5. The number of hydrogen-bond donors (Lipinski definition) is 0. The Kier molecular flexibility index (Phi) is 7.78. The van der Waals surface area contributed by atoms with Crippen LogP contribution < -0.4 is 9.64 Å². The van der Waals surface area contributed by atoms with Gasteiger partial charge >= 0.3 is 5.97 Å². The number of anilines is 1. The minimum absolute atomic E-state index is 0.184. The van der Waals surface area contributed by atoms with Gasteiger partial charge in [-0.3, -0.25) is 14.5 Å². The van der Waals surface area contributed by atoms with Crippen molar-refractivity contribution in [3.63, 3.8) is 0 Å². The van der Waals surface area contributed by atoms with E-state index in [0.717, 1.165) is 37.9 Å². The summed E-state index contributed by atoms with van der Waals surface area (Å²) in [6, 6.07) is 21.5. The summed E-state index contributed by atoms with van der Waals surface area (Å²) in [6.07, 6.45) is 1.80. The highest BCUT2D eigenvalue weighted by Crippen LogP contribution is 2.34. The molecule has 3 aromatic carbocycles. The van der Waals surface area contributed by atoms with Gasteiger partial charge in [0, 0.05) is 21.2 Å². The van der Waals surface area contributed by atoms with Gasteiger partial charge in [0.2, 0.25) is 0 Å². The minimum atomic E-state index is -0.499. The maximum Gasteiger partial charge on any atom is 0.325 e. The van der Waals surface area contributed by atoms with Crippen LogP contribution in [0.3, 0.4) is 0 Å². The topological polar surface area (TPSA) is 64.0 Å². The van der Waals surface area contributed by atoms with Crippen LogP contribution in [0.1, 0.15) is 23.9 Å². The number of nitrogens with zero attached hydrogens (tertiary/aromatic N) is 3. The molecule has 0 unspecified atom stereocenters. The number of thiocarbonyl (C=S) groups is 1. The first-order chi connectivity index (χ1) is 19.2. The molecule has 0 N–H and O–H groups in total. The Morgan fingerprint density at radius 3 is 2.40 bits per heavy atom. The maximum absolute atomic E-state index is 13.8. The lowest BCUT2D eigenvalue weighted by Gasteiger charge is -2.19. The van der Waals surface area contributed by atoms with Gasteiger partial charge < -0.3 is 18.9 Å². The van der Waals surface area contributed by atoms with E-state index in [1.54, 1.807) is 30.3 Å². The third-order valence-electron chi connectivity index (χ3n) is 6.91. The second-order valence-electron chi connectivity index (χ2n) is 9.32. The number of halogens is 1. The summed E-state index contributed by atoms with van der Waals surface area (Å²) in [5.74, 6) is -0.128. The van der Waals surface area contributed by atoms with Crippen molar-refractivity contribution < 1.29 is 19.1 Å². The third kappa shape index (κ3) is 4.91. The van der Waals surface area contributed by atoms with E-state index in [4.69, 9.17) is 21.7 Å². The molecule has 1 aromatic heterocycles. The number of esters is 1. The first-order valence-electron chi connectivity index (χ1n) is 12.8. The summed E-state index contributed by atoms with van der Waals surface area (Å²) in [4.78, 5) is 29.1. The van der Waals surface area contributed by atoms with Crippen molar-refractivity contribution in [1.29, 1.82) is 0 Å². The molecule has 0 bridgehead atoms. The molecule has 0 saturated carbocycles. The molecule has 40 heavy (non-hydrogen) atoms. The molecule has 204 valence electrons. The number of carbonyl (C=O) groups excluding carboxylic acids is 2. The van der Waals surface area contributed by atoms with Crippen molar-refractivity contribution in [2.24, 2.45) is 0 Å². The van der Waals surface area contributed by atoms with E-state index in [1.807, 2.05) is 45.0 Å². The SMILES string of the molecule is CCOc1ccc(N2C(=O)/C(=C/c3cc(C)n(-c4ccc(Br)c5ccccc45)c3C)N(CC(=O)OC)C2=S)cc1. The number of carbonyl (C=O) groups is 2. The Morgan fingerprint density at radius 1 is 1.02 bits per heavy atom. The van der Waals surface area contributed by atoms with Crippen LogP contribution in [0.15, 0.2) is 76.9 Å². The first-order valence-corrected chi connectivity index (χ1v) is 14.0. The fraction of sp³-hybridized carbons (Fsp3) is 0.194. The van der Waals surface area contributed by atoms with Crippen LogP contribution in [0.4, 0.5) is 5.69 Å². The van der Waals surface area contributed by atoms with Crippen LogP contribution in [0.5, 0.6) is 5.75 Å². The second kappa shape index (κ2) is 11.3. The van der Waals surface area contributed by atoms with Gasteiger partial charge in [-0.1, -0.05) is 40.2 Å². The van der Waals surface area contributed by atoms with Gasteiger partial charge in [-0.15, -0.1) is 0 Å². The summed E-state index contributed by atoms with van der Waals surface area (Å²) in [5.41, 5.74) is 4.73. The highest BCUT2D eigenvalue weighted by Gasteiger charge is 2.40. The predicted molar refractivity (Wildman–Crippen MR) is 165 cm³/mol. The van der Waals surface area contributed by atoms with Gasteiger partial charge in [0.1, 0.15) is 18.0 Å².